The van der Waals surface area contributed by atoms with E-state index in [2.05, 4.69) is 26.1 Å². The smallest absolute Gasteiger partial charge is 0.259 e. The zero-order chi connectivity index (χ0) is 13.5. The number of nitrogens with two attached hydrogens (primary N) is 1. The van der Waals surface area contributed by atoms with Gasteiger partial charge in [-0.2, -0.15) is 4.98 Å². The van der Waals surface area contributed by atoms with Crippen LogP contribution in [-0.4, -0.2) is 17.3 Å². The summed E-state index contributed by atoms with van der Waals surface area (Å²) in [7, 11) is 1.62. The molecule has 19 heavy (non-hydrogen) atoms. The molecule has 100 valence electrons. The first kappa shape index (κ1) is 12.6. The van der Waals surface area contributed by atoms with E-state index in [1.807, 2.05) is 18.2 Å². The second-order valence-electron chi connectivity index (χ2n) is 4.78. The van der Waals surface area contributed by atoms with Crippen LogP contribution in [0.4, 0.5) is 0 Å². The predicted molar refractivity (Wildman–Crippen MR) is 73.7 cm³/mol. The van der Waals surface area contributed by atoms with Crippen LogP contribution in [0.3, 0.4) is 0 Å². The van der Waals surface area contributed by atoms with Crippen molar-refractivity contribution >= 4 is 15.9 Å². The fraction of sp³-hybridized carbons (Fsp3) is 0.385. The third kappa shape index (κ3) is 2.15. The number of rotatable bonds is 3. The molecule has 2 N–H and O–H groups in total. The van der Waals surface area contributed by atoms with Gasteiger partial charge in [-0.25, -0.2) is 0 Å². The van der Waals surface area contributed by atoms with E-state index in [1.165, 1.54) is 0 Å². The van der Waals surface area contributed by atoms with Crippen molar-refractivity contribution in [3.63, 3.8) is 0 Å². The van der Waals surface area contributed by atoms with Crippen molar-refractivity contribution in [2.75, 3.05) is 7.11 Å². The largest absolute Gasteiger partial charge is 0.497 e. The Morgan fingerprint density at radius 3 is 2.84 bits per heavy atom. The van der Waals surface area contributed by atoms with Gasteiger partial charge in [0, 0.05) is 4.47 Å². The molecule has 1 fully saturated rings. The van der Waals surface area contributed by atoms with Crippen LogP contribution < -0.4 is 10.5 Å². The molecule has 3 rings (SSSR count). The number of hydrogen-bond donors (Lipinski definition) is 1. The quantitative estimate of drug-likeness (QED) is 0.940. The third-order valence-electron chi connectivity index (χ3n) is 3.52. The van der Waals surface area contributed by atoms with Crippen LogP contribution in [0.15, 0.2) is 27.2 Å². The molecule has 2 aromatic rings. The van der Waals surface area contributed by atoms with Crippen molar-refractivity contribution in [1.82, 2.24) is 10.1 Å². The maximum atomic E-state index is 6.19. The highest BCUT2D eigenvalue weighted by Crippen LogP contribution is 2.38. The molecule has 0 unspecified atom stereocenters. The summed E-state index contributed by atoms with van der Waals surface area (Å²) in [5.41, 5.74) is 6.59. The van der Waals surface area contributed by atoms with Crippen molar-refractivity contribution in [1.29, 1.82) is 0 Å². The second-order valence-corrected chi connectivity index (χ2v) is 5.63. The second kappa shape index (κ2) is 4.61. The van der Waals surface area contributed by atoms with Crippen LogP contribution in [-0.2, 0) is 5.54 Å². The van der Waals surface area contributed by atoms with Crippen molar-refractivity contribution in [2.24, 2.45) is 5.73 Å². The molecule has 0 radical (unpaired) electrons. The van der Waals surface area contributed by atoms with Gasteiger partial charge in [0.1, 0.15) is 5.75 Å². The summed E-state index contributed by atoms with van der Waals surface area (Å²) >= 11 is 3.47. The zero-order valence-electron chi connectivity index (χ0n) is 10.5. The molecule has 0 aliphatic heterocycles. The van der Waals surface area contributed by atoms with Crippen molar-refractivity contribution in [3.05, 3.63) is 28.5 Å². The number of hydrogen-bond acceptors (Lipinski definition) is 5. The predicted octanol–water partition coefficient (Wildman–Crippen LogP) is 2.85. The SMILES string of the molecule is COc1ccc(Br)c(-c2nc(C3(N)CCC3)no2)c1. The van der Waals surface area contributed by atoms with Gasteiger partial charge >= 0.3 is 0 Å². The van der Waals surface area contributed by atoms with Crippen molar-refractivity contribution in [3.8, 4) is 17.2 Å². The Bertz CT molecular complexity index is 608. The van der Waals surface area contributed by atoms with Gasteiger partial charge in [0.25, 0.3) is 5.89 Å². The first-order valence-electron chi connectivity index (χ1n) is 6.09. The molecule has 1 aromatic carbocycles. The van der Waals surface area contributed by atoms with E-state index in [-0.39, 0.29) is 0 Å². The molecule has 1 aliphatic rings. The van der Waals surface area contributed by atoms with E-state index < -0.39 is 5.54 Å². The van der Waals surface area contributed by atoms with E-state index in [0.717, 1.165) is 35.0 Å². The Morgan fingerprint density at radius 1 is 1.42 bits per heavy atom. The van der Waals surface area contributed by atoms with E-state index in [9.17, 15) is 0 Å². The van der Waals surface area contributed by atoms with Gasteiger partial charge in [-0.05, 0) is 53.4 Å². The molecule has 1 aliphatic carbocycles. The standard InChI is InChI=1S/C13H14BrN3O2/c1-18-8-3-4-10(14)9(7-8)11-16-12(17-19-11)13(15)5-2-6-13/h3-4,7H,2,5-6,15H2,1H3. The molecule has 1 saturated carbocycles. The molecule has 0 bridgehead atoms. The maximum absolute atomic E-state index is 6.19. The lowest BCUT2D eigenvalue weighted by atomic mass is 9.77. The Morgan fingerprint density at radius 2 is 2.21 bits per heavy atom. The first-order chi connectivity index (χ1) is 9.12. The van der Waals surface area contributed by atoms with Crippen LogP contribution in [0.1, 0.15) is 25.1 Å². The Hall–Kier alpha value is -1.40. The van der Waals surface area contributed by atoms with Gasteiger partial charge in [-0.1, -0.05) is 5.16 Å². The fourth-order valence-corrected chi connectivity index (χ4v) is 2.53. The molecule has 5 nitrogen and oxygen atoms in total. The van der Waals surface area contributed by atoms with Crippen LogP contribution in [0.2, 0.25) is 0 Å². The molecule has 0 atom stereocenters. The lowest BCUT2D eigenvalue weighted by Gasteiger charge is -2.34. The monoisotopic (exact) mass is 323 g/mol. The average Bonchev–Trinajstić information content (AvgIpc) is 2.86. The number of ether oxygens (including phenoxy) is 1. The molecule has 0 amide bonds. The number of benzene rings is 1. The van der Waals surface area contributed by atoms with E-state index >= 15 is 0 Å². The summed E-state index contributed by atoms with van der Waals surface area (Å²) < 4.78 is 11.4. The van der Waals surface area contributed by atoms with E-state index in [4.69, 9.17) is 15.0 Å². The van der Waals surface area contributed by atoms with Crippen LogP contribution in [0.5, 0.6) is 5.75 Å². The van der Waals surface area contributed by atoms with Crippen molar-refractivity contribution < 1.29 is 9.26 Å². The topological polar surface area (TPSA) is 74.2 Å². The summed E-state index contributed by atoms with van der Waals surface area (Å²) in [4.78, 5) is 4.42. The molecular formula is C13H14BrN3O2. The lowest BCUT2D eigenvalue weighted by Crippen LogP contribution is -2.44. The highest BCUT2D eigenvalue weighted by atomic mass is 79.9. The lowest BCUT2D eigenvalue weighted by molar-refractivity contribution is 0.229. The first-order valence-corrected chi connectivity index (χ1v) is 6.89. The van der Waals surface area contributed by atoms with Crippen molar-refractivity contribution in [2.45, 2.75) is 24.8 Å². The van der Waals surface area contributed by atoms with Gasteiger partial charge in [-0.15, -0.1) is 0 Å². The fourth-order valence-electron chi connectivity index (χ4n) is 2.11. The molecule has 6 heteroatoms. The maximum Gasteiger partial charge on any atom is 0.259 e. The summed E-state index contributed by atoms with van der Waals surface area (Å²) in [5, 5.41) is 4.01. The van der Waals surface area contributed by atoms with Gasteiger partial charge < -0.3 is 15.0 Å². The molecule has 0 spiro atoms. The van der Waals surface area contributed by atoms with Crippen LogP contribution in [0, 0.1) is 0 Å². The molecular weight excluding hydrogens is 310 g/mol. The van der Waals surface area contributed by atoms with Gasteiger partial charge in [0.2, 0.25) is 0 Å². The minimum atomic E-state index is -0.410. The third-order valence-corrected chi connectivity index (χ3v) is 4.21. The normalized spacial score (nSPS) is 17.0. The molecule has 1 aromatic heterocycles. The van der Waals surface area contributed by atoms with Crippen LogP contribution >= 0.6 is 15.9 Å². The number of nitrogens with zero attached hydrogens (tertiary/aromatic N) is 2. The number of halogens is 1. The molecule has 1 heterocycles. The summed E-state index contributed by atoms with van der Waals surface area (Å²) in [6.45, 7) is 0. The highest BCUT2D eigenvalue weighted by molar-refractivity contribution is 9.10. The molecule has 0 saturated heterocycles. The summed E-state index contributed by atoms with van der Waals surface area (Å²) in [6.07, 6.45) is 2.93. The summed E-state index contributed by atoms with van der Waals surface area (Å²) in [6, 6.07) is 5.60. The number of methoxy groups -OCH3 is 1. The minimum Gasteiger partial charge on any atom is -0.497 e. The summed E-state index contributed by atoms with van der Waals surface area (Å²) in [5.74, 6) is 1.78. The Labute approximate surface area is 119 Å². The van der Waals surface area contributed by atoms with Gasteiger partial charge in [-0.3, -0.25) is 0 Å². The van der Waals surface area contributed by atoms with Crippen LogP contribution in [0.25, 0.3) is 11.5 Å². The zero-order valence-corrected chi connectivity index (χ0v) is 12.1. The number of aromatic nitrogens is 2. The van der Waals surface area contributed by atoms with Gasteiger partial charge in [0.05, 0.1) is 18.2 Å². The van der Waals surface area contributed by atoms with E-state index in [0.29, 0.717) is 11.7 Å². The highest BCUT2D eigenvalue weighted by Gasteiger charge is 2.39. The Kier molecular flexibility index (Phi) is 3.06. The Balaban J connectivity index is 1.98. The van der Waals surface area contributed by atoms with E-state index in [1.54, 1.807) is 7.11 Å². The van der Waals surface area contributed by atoms with Gasteiger partial charge in [0.15, 0.2) is 5.82 Å². The average molecular weight is 324 g/mol. The minimum absolute atomic E-state index is 0.410.